The number of aromatic hydroxyl groups is 1. The summed E-state index contributed by atoms with van der Waals surface area (Å²) in [5, 5.41) is 13.7. The lowest BCUT2D eigenvalue weighted by Gasteiger charge is -2.03. The van der Waals surface area contributed by atoms with E-state index in [1.165, 1.54) is 30.5 Å². The highest BCUT2D eigenvalue weighted by molar-refractivity contribution is 5.95. The quantitative estimate of drug-likeness (QED) is 0.334. The number of rotatable bonds is 5. The van der Waals surface area contributed by atoms with Crippen LogP contribution in [-0.4, -0.2) is 34.3 Å². The molecule has 0 saturated heterocycles. The van der Waals surface area contributed by atoms with Crippen LogP contribution in [0.3, 0.4) is 0 Å². The van der Waals surface area contributed by atoms with Crippen molar-refractivity contribution in [3.05, 3.63) is 76.9 Å². The van der Waals surface area contributed by atoms with Gasteiger partial charge in [-0.25, -0.2) is 10.4 Å². The van der Waals surface area contributed by atoms with Crippen molar-refractivity contribution in [2.75, 3.05) is 7.11 Å². The van der Waals surface area contributed by atoms with E-state index < -0.39 is 0 Å². The Morgan fingerprint density at radius 1 is 1.10 bits per heavy atom. The number of aromatic nitrogens is 2. The minimum absolute atomic E-state index is 0.00396. The summed E-state index contributed by atoms with van der Waals surface area (Å²) in [4.78, 5) is 20.3. The van der Waals surface area contributed by atoms with Gasteiger partial charge in [0.2, 0.25) is 0 Å². The fourth-order valence-corrected chi connectivity index (χ4v) is 3.20. The molecule has 3 aromatic carbocycles. The van der Waals surface area contributed by atoms with Gasteiger partial charge in [-0.15, -0.1) is 0 Å². The van der Waals surface area contributed by atoms with Crippen LogP contribution in [0.1, 0.15) is 27.0 Å². The Morgan fingerprint density at radius 3 is 2.55 bits per heavy atom. The number of carbonyl (C=O) groups is 1. The average Bonchev–Trinajstić information content (AvgIpc) is 3.17. The van der Waals surface area contributed by atoms with Crippen molar-refractivity contribution in [2.24, 2.45) is 5.10 Å². The lowest BCUT2D eigenvalue weighted by Crippen LogP contribution is -2.17. The molecule has 1 aromatic heterocycles. The fourth-order valence-electron chi connectivity index (χ4n) is 3.20. The van der Waals surface area contributed by atoms with E-state index >= 15 is 0 Å². The molecule has 7 nitrogen and oxygen atoms in total. The minimum atomic E-state index is -0.337. The molecular formula is C24H22N4O3. The van der Waals surface area contributed by atoms with Crippen LogP contribution in [0.5, 0.6) is 11.5 Å². The first-order valence-corrected chi connectivity index (χ1v) is 9.72. The number of nitrogens with one attached hydrogen (secondary N) is 2. The van der Waals surface area contributed by atoms with Gasteiger partial charge in [0.25, 0.3) is 5.91 Å². The second-order valence-electron chi connectivity index (χ2n) is 7.25. The number of carbonyl (C=O) groups excluding carboxylic acids is 1. The second-order valence-corrected chi connectivity index (χ2v) is 7.25. The van der Waals surface area contributed by atoms with Crippen LogP contribution in [0.4, 0.5) is 0 Å². The van der Waals surface area contributed by atoms with Gasteiger partial charge < -0.3 is 14.8 Å². The highest BCUT2D eigenvalue weighted by atomic mass is 16.5. The molecule has 0 unspecified atom stereocenters. The molecule has 0 fully saturated rings. The zero-order valence-corrected chi connectivity index (χ0v) is 17.4. The van der Waals surface area contributed by atoms with Crippen LogP contribution < -0.4 is 10.2 Å². The number of methoxy groups -OCH3 is 1. The third-order valence-corrected chi connectivity index (χ3v) is 5.10. The molecule has 1 heterocycles. The van der Waals surface area contributed by atoms with Crippen molar-refractivity contribution >= 4 is 23.2 Å². The first kappa shape index (κ1) is 20.2. The SMILES string of the molecule is COc1ccc(/C=N/NC(=O)c2ccc(-c3nc4cc(C)c(C)cc4[nH]3)cc2)cc1O. The maximum atomic E-state index is 12.3. The van der Waals surface area contributed by atoms with Crippen molar-refractivity contribution in [3.63, 3.8) is 0 Å². The van der Waals surface area contributed by atoms with Gasteiger partial charge in [-0.05, 0) is 73.0 Å². The number of hydrazone groups is 1. The lowest BCUT2D eigenvalue weighted by atomic mass is 10.1. The topological polar surface area (TPSA) is 99.6 Å². The molecule has 0 bridgehead atoms. The van der Waals surface area contributed by atoms with Crippen molar-refractivity contribution in [3.8, 4) is 22.9 Å². The van der Waals surface area contributed by atoms with Gasteiger partial charge in [0.05, 0.1) is 24.4 Å². The third kappa shape index (κ3) is 4.25. The summed E-state index contributed by atoms with van der Waals surface area (Å²) in [6.45, 7) is 4.14. The zero-order chi connectivity index (χ0) is 22.0. The van der Waals surface area contributed by atoms with Crippen molar-refractivity contribution < 1.29 is 14.6 Å². The van der Waals surface area contributed by atoms with E-state index in [-0.39, 0.29) is 11.7 Å². The normalized spacial score (nSPS) is 11.2. The summed E-state index contributed by atoms with van der Waals surface area (Å²) in [5.41, 5.74) is 8.78. The number of hydrogen-bond donors (Lipinski definition) is 3. The standard InChI is InChI=1S/C24H22N4O3/c1-14-10-19-20(11-15(14)2)27-23(26-19)17-5-7-18(8-6-17)24(30)28-25-13-16-4-9-22(31-3)21(29)12-16/h4-13,29H,1-3H3,(H,26,27)(H,28,30)/b25-13+. The average molecular weight is 414 g/mol. The molecule has 0 atom stereocenters. The van der Waals surface area contributed by atoms with Crippen LogP contribution in [0, 0.1) is 13.8 Å². The number of hydrogen-bond acceptors (Lipinski definition) is 5. The summed E-state index contributed by atoms with van der Waals surface area (Å²) < 4.78 is 5.00. The Hall–Kier alpha value is -4.13. The highest BCUT2D eigenvalue weighted by Gasteiger charge is 2.09. The number of benzene rings is 3. The molecule has 0 spiro atoms. The fraction of sp³-hybridized carbons (Fsp3) is 0.125. The summed E-state index contributed by atoms with van der Waals surface area (Å²) >= 11 is 0. The van der Waals surface area contributed by atoms with E-state index in [9.17, 15) is 9.90 Å². The van der Waals surface area contributed by atoms with Gasteiger partial charge >= 0.3 is 0 Å². The maximum Gasteiger partial charge on any atom is 0.271 e. The van der Waals surface area contributed by atoms with Crippen molar-refractivity contribution in [1.29, 1.82) is 0 Å². The molecule has 1 amide bonds. The molecule has 0 saturated carbocycles. The minimum Gasteiger partial charge on any atom is -0.504 e. The van der Waals surface area contributed by atoms with Crippen LogP contribution in [0.15, 0.2) is 59.7 Å². The van der Waals surface area contributed by atoms with Gasteiger partial charge in [-0.3, -0.25) is 4.79 Å². The number of imidazole rings is 1. The summed E-state index contributed by atoms with van der Waals surface area (Å²) in [6, 6.07) is 16.1. The molecule has 7 heteroatoms. The third-order valence-electron chi connectivity index (χ3n) is 5.10. The summed E-state index contributed by atoms with van der Waals surface area (Å²) in [5.74, 6) is 0.793. The Labute approximate surface area is 179 Å². The summed E-state index contributed by atoms with van der Waals surface area (Å²) in [6.07, 6.45) is 1.45. The zero-order valence-electron chi connectivity index (χ0n) is 17.4. The van der Waals surface area contributed by atoms with Gasteiger partial charge in [0, 0.05) is 11.1 Å². The first-order valence-electron chi connectivity index (χ1n) is 9.72. The number of nitrogens with zero attached hydrogens (tertiary/aromatic N) is 2. The van der Waals surface area contributed by atoms with E-state index in [0.717, 1.165) is 22.4 Å². The van der Waals surface area contributed by atoms with Crippen LogP contribution in [-0.2, 0) is 0 Å². The Bertz CT molecular complexity index is 1250. The summed E-state index contributed by atoms with van der Waals surface area (Å²) in [7, 11) is 1.48. The molecule has 156 valence electrons. The molecule has 4 rings (SSSR count). The number of aromatic amines is 1. The molecule has 0 aliphatic heterocycles. The second kappa shape index (κ2) is 8.31. The van der Waals surface area contributed by atoms with Gasteiger partial charge in [0.15, 0.2) is 11.5 Å². The number of aryl methyl sites for hydroxylation is 2. The largest absolute Gasteiger partial charge is 0.504 e. The van der Waals surface area contributed by atoms with E-state index in [2.05, 4.69) is 46.5 Å². The molecule has 31 heavy (non-hydrogen) atoms. The number of fused-ring (bicyclic) bond motifs is 1. The molecule has 0 radical (unpaired) electrons. The predicted molar refractivity (Wildman–Crippen MR) is 121 cm³/mol. The van der Waals surface area contributed by atoms with Gasteiger partial charge in [-0.1, -0.05) is 12.1 Å². The number of phenolic OH excluding ortho intramolecular Hbond substituents is 1. The molecule has 4 aromatic rings. The smallest absolute Gasteiger partial charge is 0.271 e. The Balaban J connectivity index is 1.45. The van der Waals surface area contributed by atoms with Crippen LogP contribution in [0.2, 0.25) is 0 Å². The van der Waals surface area contributed by atoms with Crippen LogP contribution in [0.25, 0.3) is 22.4 Å². The van der Waals surface area contributed by atoms with E-state index in [4.69, 9.17) is 4.74 Å². The van der Waals surface area contributed by atoms with E-state index in [1.54, 1.807) is 24.3 Å². The monoisotopic (exact) mass is 414 g/mol. The number of H-pyrrole nitrogens is 1. The molecular weight excluding hydrogens is 392 g/mol. The predicted octanol–water partition coefficient (Wildman–Crippen LogP) is 4.32. The van der Waals surface area contributed by atoms with E-state index in [1.807, 2.05) is 12.1 Å². The number of ether oxygens (including phenoxy) is 1. The van der Waals surface area contributed by atoms with Crippen LogP contribution >= 0.6 is 0 Å². The Morgan fingerprint density at radius 2 is 1.84 bits per heavy atom. The highest BCUT2D eigenvalue weighted by Crippen LogP contribution is 2.25. The maximum absolute atomic E-state index is 12.3. The molecule has 0 aliphatic carbocycles. The Kier molecular flexibility index (Phi) is 5.41. The lowest BCUT2D eigenvalue weighted by molar-refractivity contribution is 0.0955. The molecule has 3 N–H and O–H groups in total. The van der Waals surface area contributed by atoms with E-state index in [0.29, 0.717) is 16.9 Å². The van der Waals surface area contributed by atoms with Crippen molar-refractivity contribution in [1.82, 2.24) is 15.4 Å². The van der Waals surface area contributed by atoms with Gasteiger partial charge in [-0.2, -0.15) is 5.10 Å². The first-order chi connectivity index (χ1) is 14.9. The van der Waals surface area contributed by atoms with Crippen molar-refractivity contribution in [2.45, 2.75) is 13.8 Å². The van der Waals surface area contributed by atoms with Gasteiger partial charge in [0.1, 0.15) is 5.82 Å². The number of amides is 1. The number of phenols is 1. The molecule has 0 aliphatic rings.